The molecular formula is C11H15NO2. The number of Topliss-reactive ketones (excluding diaryl/α,β-unsaturated/α-hetero) is 1. The SMILES string of the molecule is CC(=O)C1C(C(N)=O)[C@@H]2CC23CCC13. The Morgan fingerprint density at radius 3 is 2.43 bits per heavy atom. The maximum atomic E-state index is 11.5. The molecule has 14 heavy (non-hydrogen) atoms. The van der Waals surface area contributed by atoms with Crippen LogP contribution in [-0.2, 0) is 9.59 Å². The van der Waals surface area contributed by atoms with Crippen LogP contribution in [0.3, 0.4) is 0 Å². The molecule has 2 N–H and O–H groups in total. The first-order chi connectivity index (χ1) is 6.58. The fourth-order valence-electron chi connectivity index (χ4n) is 4.18. The predicted molar refractivity (Wildman–Crippen MR) is 50.1 cm³/mol. The van der Waals surface area contributed by atoms with Crippen molar-refractivity contribution in [3.8, 4) is 0 Å². The Morgan fingerprint density at radius 1 is 1.29 bits per heavy atom. The van der Waals surface area contributed by atoms with Gasteiger partial charge >= 0.3 is 0 Å². The van der Waals surface area contributed by atoms with Gasteiger partial charge in [0.05, 0.1) is 5.92 Å². The van der Waals surface area contributed by atoms with E-state index in [1.54, 1.807) is 6.92 Å². The van der Waals surface area contributed by atoms with Gasteiger partial charge in [-0.3, -0.25) is 9.59 Å². The first kappa shape index (κ1) is 8.45. The van der Waals surface area contributed by atoms with Crippen molar-refractivity contribution in [2.45, 2.75) is 26.2 Å². The van der Waals surface area contributed by atoms with E-state index in [-0.39, 0.29) is 23.5 Å². The minimum atomic E-state index is -0.249. The Labute approximate surface area is 83.0 Å². The van der Waals surface area contributed by atoms with E-state index in [2.05, 4.69) is 0 Å². The summed E-state index contributed by atoms with van der Waals surface area (Å²) < 4.78 is 0. The lowest BCUT2D eigenvalue weighted by Gasteiger charge is -2.38. The summed E-state index contributed by atoms with van der Waals surface area (Å²) in [7, 11) is 0. The molecule has 0 bridgehead atoms. The number of primary amides is 1. The lowest BCUT2D eigenvalue weighted by atomic mass is 9.66. The molecule has 3 heteroatoms. The quantitative estimate of drug-likeness (QED) is 0.702. The van der Waals surface area contributed by atoms with E-state index in [4.69, 9.17) is 5.73 Å². The Morgan fingerprint density at radius 2 is 2.00 bits per heavy atom. The number of nitrogens with two attached hydrogens (primary N) is 1. The smallest absolute Gasteiger partial charge is 0.221 e. The van der Waals surface area contributed by atoms with E-state index in [0.29, 0.717) is 17.3 Å². The average Bonchev–Trinajstić information content (AvgIpc) is 2.73. The van der Waals surface area contributed by atoms with Crippen LogP contribution in [0.1, 0.15) is 26.2 Å². The third kappa shape index (κ3) is 0.711. The summed E-state index contributed by atoms with van der Waals surface area (Å²) in [6, 6.07) is 0. The first-order valence-electron chi connectivity index (χ1n) is 5.38. The third-order valence-corrected chi connectivity index (χ3v) is 4.89. The van der Waals surface area contributed by atoms with Crippen LogP contribution < -0.4 is 5.73 Å². The Hall–Kier alpha value is -0.860. The molecule has 0 heterocycles. The Balaban J connectivity index is 1.96. The summed E-state index contributed by atoms with van der Waals surface area (Å²) in [6.45, 7) is 1.61. The molecule has 3 aliphatic rings. The van der Waals surface area contributed by atoms with Crippen molar-refractivity contribution in [1.82, 2.24) is 0 Å². The van der Waals surface area contributed by atoms with Crippen LogP contribution in [0.2, 0.25) is 0 Å². The second kappa shape index (κ2) is 2.20. The minimum Gasteiger partial charge on any atom is -0.369 e. The van der Waals surface area contributed by atoms with Gasteiger partial charge in [0.15, 0.2) is 0 Å². The molecule has 0 aromatic carbocycles. The molecule has 0 aliphatic heterocycles. The number of carbonyl (C=O) groups excluding carboxylic acids is 2. The van der Waals surface area contributed by atoms with Crippen LogP contribution in [-0.4, -0.2) is 11.7 Å². The Bertz CT molecular complexity index is 324. The van der Waals surface area contributed by atoms with E-state index in [9.17, 15) is 9.59 Å². The number of rotatable bonds is 2. The van der Waals surface area contributed by atoms with Crippen molar-refractivity contribution in [2.24, 2.45) is 34.8 Å². The van der Waals surface area contributed by atoms with E-state index >= 15 is 0 Å². The number of hydrogen-bond donors (Lipinski definition) is 1. The second-order valence-corrected chi connectivity index (χ2v) is 5.25. The normalized spacial score (nSPS) is 52.9. The van der Waals surface area contributed by atoms with Crippen LogP contribution in [0.5, 0.6) is 0 Å². The highest BCUT2D eigenvalue weighted by atomic mass is 16.1. The largest absolute Gasteiger partial charge is 0.369 e. The van der Waals surface area contributed by atoms with E-state index in [0.717, 1.165) is 12.8 Å². The first-order valence-corrected chi connectivity index (χ1v) is 5.38. The molecule has 4 unspecified atom stereocenters. The van der Waals surface area contributed by atoms with Crippen LogP contribution in [0.4, 0.5) is 0 Å². The molecule has 1 amide bonds. The molecule has 0 aromatic heterocycles. The van der Waals surface area contributed by atoms with Crippen molar-refractivity contribution >= 4 is 11.7 Å². The summed E-state index contributed by atoms with van der Waals surface area (Å²) in [4.78, 5) is 22.8. The lowest BCUT2D eigenvalue weighted by molar-refractivity contribution is -0.132. The van der Waals surface area contributed by atoms with Gasteiger partial charge in [0.2, 0.25) is 5.91 Å². The van der Waals surface area contributed by atoms with Gasteiger partial charge in [-0.1, -0.05) is 0 Å². The van der Waals surface area contributed by atoms with E-state index < -0.39 is 0 Å². The minimum absolute atomic E-state index is 0.0417. The number of carbonyl (C=O) groups is 2. The summed E-state index contributed by atoms with van der Waals surface area (Å²) >= 11 is 0. The third-order valence-electron chi connectivity index (χ3n) is 4.89. The van der Waals surface area contributed by atoms with Gasteiger partial charge in [0.1, 0.15) is 5.78 Å². The van der Waals surface area contributed by atoms with Gasteiger partial charge in [0.25, 0.3) is 0 Å². The summed E-state index contributed by atoms with van der Waals surface area (Å²) in [6.07, 6.45) is 3.50. The molecule has 3 rings (SSSR count). The highest BCUT2D eigenvalue weighted by Gasteiger charge is 2.76. The molecule has 76 valence electrons. The fourth-order valence-corrected chi connectivity index (χ4v) is 4.18. The van der Waals surface area contributed by atoms with E-state index in [1.165, 1.54) is 6.42 Å². The van der Waals surface area contributed by atoms with Crippen molar-refractivity contribution in [3.63, 3.8) is 0 Å². The van der Waals surface area contributed by atoms with Crippen molar-refractivity contribution in [2.75, 3.05) is 0 Å². The topological polar surface area (TPSA) is 60.2 Å². The molecule has 3 nitrogen and oxygen atoms in total. The predicted octanol–water partition coefficient (Wildman–Crippen LogP) is 0.723. The van der Waals surface area contributed by atoms with Crippen LogP contribution in [0, 0.1) is 29.1 Å². The lowest BCUT2D eigenvalue weighted by Crippen LogP contribution is -2.38. The zero-order valence-corrected chi connectivity index (χ0v) is 8.32. The fraction of sp³-hybridized carbons (Fsp3) is 0.818. The number of hydrogen-bond acceptors (Lipinski definition) is 2. The average molecular weight is 193 g/mol. The van der Waals surface area contributed by atoms with Crippen LogP contribution >= 0.6 is 0 Å². The molecule has 0 radical (unpaired) electrons. The highest BCUT2D eigenvalue weighted by Crippen LogP contribution is 2.79. The maximum absolute atomic E-state index is 11.5. The number of ketones is 1. The van der Waals surface area contributed by atoms with Gasteiger partial charge in [-0.05, 0) is 43.4 Å². The van der Waals surface area contributed by atoms with E-state index in [1.807, 2.05) is 0 Å². The molecular weight excluding hydrogens is 178 g/mol. The molecule has 5 atom stereocenters. The monoisotopic (exact) mass is 193 g/mol. The van der Waals surface area contributed by atoms with Crippen LogP contribution in [0.25, 0.3) is 0 Å². The second-order valence-electron chi connectivity index (χ2n) is 5.25. The van der Waals surface area contributed by atoms with Gasteiger partial charge in [-0.2, -0.15) is 0 Å². The molecule has 3 saturated carbocycles. The zero-order chi connectivity index (χ0) is 10.1. The van der Waals surface area contributed by atoms with Gasteiger partial charge in [-0.15, -0.1) is 0 Å². The van der Waals surface area contributed by atoms with Crippen molar-refractivity contribution in [3.05, 3.63) is 0 Å². The van der Waals surface area contributed by atoms with Gasteiger partial charge in [0, 0.05) is 5.92 Å². The molecule has 3 aliphatic carbocycles. The summed E-state index contributed by atoms with van der Waals surface area (Å²) in [5.74, 6) is 0.682. The van der Waals surface area contributed by atoms with Crippen molar-refractivity contribution < 1.29 is 9.59 Å². The molecule has 1 spiro atoms. The standard InChI is InChI=1S/C11H15NO2/c1-5(13)8-6-2-3-11(6)4-7(11)9(8)10(12)14/h6-9H,2-4H2,1H3,(H2,12,14)/t6?,7-,8?,9?,11?/m0/s1. The molecule has 3 fully saturated rings. The Kier molecular flexibility index (Phi) is 1.33. The summed E-state index contributed by atoms with van der Waals surface area (Å²) in [5, 5.41) is 0. The van der Waals surface area contributed by atoms with Gasteiger partial charge in [-0.25, -0.2) is 0 Å². The maximum Gasteiger partial charge on any atom is 0.221 e. The van der Waals surface area contributed by atoms with Crippen LogP contribution in [0.15, 0.2) is 0 Å². The highest BCUT2D eigenvalue weighted by molar-refractivity contribution is 5.89. The van der Waals surface area contributed by atoms with Gasteiger partial charge < -0.3 is 5.73 Å². The zero-order valence-electron chi connectivity index (χ0n) is 8.32. The van der Waals surface area contributed by atoms with Crippen molar-refractivity contribution in [1.29, 1.82) is 0 Å². The summed E-state index contributed by atoms with van der Waals surface area (Å²) in [5.41, 5.74) is 5.79. The molecule has 0 saturated heterocycles. The number of amides is 1. The molecule has 0 aromatic rings.